The van der Waals surface area contributed by atoms with Gasteiger partial charge < -0.3 is 4.90 Å². The monoisotopic (exact) mass is 619 g/mol. The van der Waals surface area contributed by atoms with Gasteiger partial charge in [0.2, 0.25) is 11.6 Å². The standard InChI is InChI=1S/C39H25N9/c1-3-9-26(10-4-1)48(27-11-5-2-6-12-27)28-17-20-32-29-13-7-8-14-33(29)39(36(32)23-28)34-21-24(37-40-44-45-41-37)15-18-30(34)31-19-16-25(22-35(31)39)38-42-46-47-43-38/h1-23H,(H,40,41,44,45)(H,42,43,46,47). The zero-order valence-electron chi connectivity index (χ0n) is 25.4. The summed E-state index contributed by atoms with van der Waals surface area (Å²) in [4.78, 5) is 2.32. The number of tetrazole rings is 2. The van der Waals surface area contributed by atoms with E-state index >= 15 is 0 Å². The lowest BCUT2D eigenvalue weighted by Gasteiger charge is -2.32. The first-order valence-electron chi connectivity index (χ1n) is 15.7. The van der Waals surface area contributed by atoms with Crippen LogP contribution in [0.25, 0.3) is 45.0 Å². The molecule has 0 saturated carbocycles. The van der Waals surface area contributed by atoms with Crippen molar-refractivity contribution in [3.05, 3.63) is 162 Å². The van der Waals surface area contributed by atoms with E-state index in [1.54, 1.807) is 0 Å². The van der Waals surface area contributed by atoms with Gasteiger partial charge in [-0.1, -0.05) is 91.0 Å². The van der Waals surface area contributed by atoms with Crippen LogP contribution in [0.3, 0.4) is 0 Å². The van der Waals surface area contributed by atoms with Gasteiger partial charge in [0.15, 0.2) is 0 Å². The number of para-hydroxylation sites is 2. The molecular weight excluding hydrogens is 594 g/mol. The number of nitrogens with zero attached hydrogens (tertiary/aromatic N) is 7. The number of hydrogen-bond donors (Lipinski definition) is 2. The van der Waals surface area contributed by atoms with E-state index in [0.717, 1.165) is 39.3 Å². The number of anilines is 3. The summed E-state index contributed by atoms with van der Waals surface area (Å²) in [7, 11) is 0. The highest BCUT2D eigenvalue weighted by Gasteiger charge is 2.52. The quantitative estimate of drug-likeness (QED) is 0.202. The number of H-pyrrole nitrogens is 2. The lowest BCUT2D eigenvalue weighted by atomic mass is 9.70. The van der Waals surface area contributed by atoms with Gasteiger partial charge in [-0.25, -0.2) is 0 Å². The molecule has 2 N–H and O–H groups in total. The van der Waals surface area contributed by atoms with Crippen LogP contribution in [0.2, 0.25) is 0 Å². The van der Waals surface area contributed by atoms with Crippen LogP contribution in [0.1, 0.15) is 22.3 Å². The van der Waals surface area contributed by atoms with Crippen molar-refractivity contribution in [2.24, 2.45) is 0 Å². The third-order valence-electron chi connectivity index (χ3n) is 9.66. The minimum atomic E-state index is -0.648. The SMILES string of the molecule is c1ccc(N(c2ccccc2)c2ccc3c(c2)C2(c4ccccc4-3)c3cc(-c4nn[nH]n4)ccc3-c3ccc(-c4nn[nH]n4)cc32)cc1. The lowest BCUT2D eigenvalue weighted by Crippen LogP contribution is -2.26. The fraction of sp³-hybridized carbons (Fsp3) is 0.0256. The minimum Gasteiger partial charge on any atom is -0.310 e. The van der Waals surface area contributed by atoms with Crippen molar-refractivity contribution < 1.29 is 0 Å². The first-order valence-corrected chi connectivity index (χ1v) is 15.7. The Morgan fingerprint density at radius 2 is 0.896 bits per heavy atom. The maximum atomic E-state index is 4.34. The molecule has 2 heterocycles. The molecule has 9 heteroatoms. The summed E-state index contributed by atoms with van der Waals surface area (Å²) < 4.78 is 0. The number of hydrogen-bond acceptors (Lipinski definition) is 7. The molecule has 226 valence electrons. The first kappa shape index (κ1) is 26.5. The molecule has 0 bridgehead atoms. The number of fused-ring (bicyclic) bond motifs is 10. The predicted molar refractivity (Wildman–Crippen MR) is 184 cm³/mol. The molecule has 0 atom stereocenters. The average molecular weight is 620 g/mol. The summed E-state index contributed by atoms with van der Waals surface area (Å²) in [6.45, 7) is 0. The second kappa shape index (κ2) is 10.1. The molecule has 1 spiro atoms. The average Bonchev–Trinajstić information content (AvgIpc) is 3.97. The number of aromatic nitrogens is 8. The summed E-state index contributed by atoms with van der Waals surface area (Å²) in [5, 5.41) is 30.3. The minimum absolute atomic E-state index is 0.552. The highest BCUT2D eigenvalue weighted by atomic mass is 15.5. The molecule has 0 saturated heterocycles. The Kier molecular flexibility index (Phi) is 5.59. The Balaban J connectivity index is 1.30. The smallest absolute Gasteiger partial charge is 0.204 e. The molecular formula is C39H25N9. The van der Waals surface area contributed by atoms with Gasteiger partial charge in [0.05, 0.1) is 5.41 Å². The second-order valence-corrected chi connectivity index (χ2v) is 12.0. The first-order chi connectivity index (χ1) is 23.8. The summed E-state index contributed by atoms with van der Waals surface area (Å²) in [5.74, 6) is 1.10. The molecule has 8 aromatic rings. The van der Waals surface area contributed by atoms with E-state index in [1.807, 2.05) is 0 Å². The predicted octanol–water partition coefficient (Wildman–Crippen LogP) is 7.86. The van der Waals surface area contributed by atoms with Gasteiger partial charge in [0.1, 0.15) is 0 Å². The van der Waals surface area contributed by atoms with E-state index in [0.29, 0.717) is 11.6 Å². The maximum absolute atomic E-state index is 4.34. The zero-order chi connectivity index (χ0) is 31.7. The number of rotatable bonds is 5. The third-order valence-corrected chi connectivity index (χ3v) is 9.66. The highest BCUT2D eigenvalue weighted by Crippen LogP contribution is 2.64. The van der Waals surface area contributed by atoms with Crippen LogP contribution in [-0.4, -0.2) is 41.2 Å². The van der Waals surface area contributed by atoms with Crippen LogP contribution in [0.5, 0.6) is 0 Å². The van der Waals surface area contributed by atoms with Gasteiger partial charge >= 0.3 is 0 Å². The Hall–Kier alpha value is -6.74. The van der Waals surface area contributed by atoms with Crippen molar-refractivity contribution in [2.75, 3.05) is 4.90 Å². The van der Waals surface area contributed by atoms with E-state index in [-0.39, 0.29) is 0 Å². The van der Waals surface area contributed by atoms with E-state index < -0.39 is 5.41 Å². The van der Waals surface area contributed by atoms with Crippen LogP contribution in [0, 0.1) is 0 Å². The number of benzene rings is 6. The number of aromatic amines is 2. The normalized spacial score (nSPS) is 13.2. The van der Waals surface area contributed by atoms with E-state index in [4.69, 9.17) is 0 Å². The van der Waals surface area contributed by atoms with E-state index in [1.165, 1.54) is 33.4 Å². The maximum Gasteiger partial charge on any atom is 0.204 e. The van der Waals surface area contributed by atoms with Crippen LogP contribution < -0.4 is 4.90 Å². The van der Waals surface area contributed by atoms with Crippen molar-refractivity contribution in [2.45, 2.75) is 5.41 Å². The molecule has 2 aliphatic carbocycles. The fourth-order valence-corrected chi connectivity index (χ4v) is 7.76. The Labute approximate surface area is 274 Å². The van der Waals surface area contributed by atoms with Gasteiger partial charge in [0, 0.05) is 28.2 Å². The van der Waals surface area contributed by atoms with Crippen LogP contribution in [-0.2, 0) is 5.41 Å². The Morgan fingerprint density at radius 3 is 1.44 bits per heavy atom. The lowest BCUT2D eigenvalue weighted by molar-refractivity contribution is 0.794. The van der Waals surface area contributed by atoms with E-state index in [9.17, 15) is 0 Å². The molecule has 48 heavy (non-hydrogen) atoms. The van der Waals surface area contributed by atoms with Crippen molar-refractivity contribution in [1.29, 1.82) is 0 Å². The highest BCUT2D eigenvalue weighted by molar-refractivity contribution is 5.97. The molecule has 0 unspecified atom stereocenters. The van der Waals surface area contributed by atoms with Crippen molar-refractivity contribution in [1.82, 2.24) is 41.2 Å². The summed E-state index contributed by atoms with van der Waals surface area (Å²) in [5.41, 5.74) is 13.9. The van der Waals surface area contributed by atoms with Crippen LogP contribution in [0.15, 0.2) is 140 Å². The Morgan fingerprint density at radius 1 is 0.417 bits per heavy atom. The van der Waals surface area contributed by atoms with Gasteiger partial charge in [0.25, 0.3) is 0 Å². The van der Waals surface area contributed by atoms with Crippen molar-refractivity contribution in [3.63, 3.8) is 0 Å². The molecule has 0 radical (unpaired) electrons. The topological polar surface area (TPSA) is 112 Å². The second-order valence-electron chi connectivity index (χ2n) is 12.0. The van der Waals surface area contributed by atoms with Gasteiger partial charge in [-0.15, -0.1) is 20.4 Å². The molecule has 2 aromatic heterocycles. The molecule has 0 fully saturated rings. The van der Waals surface area contributed by atoms with Crippen molar-refractivity contribution in [3.8, 4) is 45.0 Å². The zero-order valence-corrected chi connectivity index (χ0v) is 25.4. The van der Waals surface area contributed by atoms with Crippen LogP contribution in [0.4, 0.5) is 17.1 Å². The summed E-state index contributed by atoms with van der Waals surface area (Å²) >= 11 is 0. The van der Waals surface area contributed by atoms with E-state index in [2.05, 4.69) is 186 Å². The molecule has 6 aromatic carbocycles. The largest absolute Gasteiger partial charge is 0.310 e. The molecule has 0 aliphatic heterocycles. The number of nitrogens with one attached hydrogen (secondary N) is 2. The van der Waals surface area contributed by atoms with Gasteiger partial charge in [-0.05, 0) is 103 Å². The van der Waals surface area contributed by atoms with Crippen LogP contribution >= 0.6 is 0 Å². The molecule has 0 amide bonds. The van der Waals surface area contributed by atoms with Gasteiger partial charge in [-0.2, -0.15) is 10.4 Å². The molecule has 2 aliphatic rings. The fourth-order valence-electron chi connectivity index (χ4n) is 7.76. The summed E-state index contributed by atoms with van der Waals surface area (Å²) in [6.07, 6.45) is 0. The molecule has 10 rings (SSSR count). The van der Waals surface area contributed by atoms with Gasteiger partial charge in [-0.3, -0.25) is 0 Å². The summed E-state index contributed by atoms with van der Waals surface area (Å²) in [6, 6.07) is 49.7. The third kappa shape index (κ3) is 3.66. The van der Waals surface area contributed by atoms with Crippen molar-refractivity contribution >= 4 is 17.1 Å². The Bertz CT molecular complexity index is 2330. The molecule has 9 nitrogen and oxygen atoms in total.